The summed E-state index contributed by atoms with van der Waals surface area (Å²) in [6.07, 6.45) is 3.43. The lowest BCUT2D eigenvalue weighted by molar-refractivity contribution is 0.630. The van der Waals surface area contributed by atoms with Crippen molar-refractivity contribution in [1.29, 1.82) is 0 Å². The van der Waals surface area contributed by atoms with Gasteiger partial charge in [-0.05, 0) is 47.8 Å². The van der Waals surface area contributed by atoms with Crippen LogP contribution in [0.1, 0.15) is 42.5 Å². The van der Waals surface area contributed by atoms with Gasteiger partial charge in [0.25, 0.3) is 0 Å². The SMILES string of the molecule is CNCCC=C1c2ccccc2C(C)(C)c2ccccc21.Cl. The van der Waals surface area contributed by atoms with E-state index in [-0.39, 0.29) is 17.8 Å². The Balaban J connectivity index is 0.00000176. The molecule has 0 aliphatic heterocycles. The second-order valence-electron chi connectivity index (χ2n) is 6.23. The molecule has 0 saturated heterocycles. The average Bonchev–Trinajstić information content (AvgIpc) is 2.51. The average molecular weight is 314 g/mol. The van der Waals surface area contributed by atoms with Gasteiger partial charge in [0.2, 0.25) is 0 Å². The van der Waals surface area contributed by atoms with Crippen molar-refractivity contribution >= 4 is 18.0 Å². The second kappa shape index (κ2) is 6.68. The molecule has 116 valence electrons. The molecule has 1 aliphatic carbocycles. The Kier molecular flexibility index (Phi) is 5.10. The smallest absolute Gasteiger partial charge is 0.0158 e. The molecule has 22 heavy (non-hydrogen) atoms. The molecule has 2 heteroatoms. The summed E-state index contributed by atoms with van der Waals surface area (Å²) in [7, 11) is 2.00. The van der Waals surface area contributed by atoms with Crippen molar-refractivity contribution in [2.24, 2.45) is 0 Å². The summed E-state index contributed by atoms with van der Waals surface area (Å²) in [5.41, 5.74) is 7.08. The van der Waals surface area contributed by atoms with Gasteiger partial charge in [-0.2, -0.15) is 0 Å². The van der Waals surface area contributed by atoms with Crippen molar-refractivity contribution < 1.29 is 0 Å². The number of halogens is 1. The van der Waals surface area contributed by atoms with E-state index in [0.717, 1.165) is 13.0 Å². The number of fused-ring (bicyclic) bond motifs is 2. The molecule has 1 nitrogen and oxygen atoms in total. The first-order valence-electron chi connectivity index (χ1n) is 7.71. The maximum atomic E-state index is 3.23. The van der Waals surface area contributed by atoms with Gasteiger partial charge in [0.1, 0.15) is 0 Å². The Hall–Kier alpha value is -1.57. The largest absolute Gasteiger partial charge is 0.319 e. The zero-order valence-corrected chi connectivity index (χ0v) is 14.3. The molecule has 0 fully saturated rings. The van der Waals surface area contributed by atoms with Crippen LogP contribution in [0.2, 0.25) is 0 Å². The van der Waals surface area contributed by atoms with Gasteiger partial charge in [-0.15, -0.1) is 12.4 Å². The third-order valence-corrected chi connectivity index (χ3v) is 4.52. The Morgan fingerprint density at radius 2 is 1.41 bits per heavy atom. The van der Waals surface area contributed by atoms with Crippen molar-refractivity contribution in [3.63, 3.8) is 0 Å². The normalized spacial score (nSPS) is 14.6. The van der Waals surface area contributed by atoms with Crippen LogP contribution in [0.3, 0.4) is 0 Å². The molecular weight excluding hydrogens is 290 g/mol. The number of hydrogen-bond donors (Lipinski definition) is 1. The molecule has 0 spiro atoms. The fourth-order valence-corrected chi connectivity index (χ4v) is 3.40. The summed E-state index contributed by atoms with van der Waals surface area (Å²) in [5.74, 6) is 0. The van der Waals surface area contributed by atoms with Crippen LogP contribution in [0.25, 0.3) is 5.57 Å². The lowest BCUT2D eigenvalue weighted by atomic mass is 9.67. The molecule has 0 unspecified atom stereocenters. The van der Waals surface area contributed by atoms with Crippen LogP contribution in [0.5, 0.6) is 0 Å². The van der Waals surface area contributed by atoms with Crippen LogP contribution < -0.4 is 5.32 Å². The summed E-state index contributed by atoms with van der Waals surface area (Å²) in [5, 5.41) is 3.23. The zero-order valence-electron chi connectivity index (χ0n) is 13.5. The molecule has 1 aliphatic rings. The van der Waals surface area contributed by atoms with E-state index in [1.165, 1.54) is 27.8 Å². The van der Waals surface area contributed by atoms with Crippen LogP contribution in [-0.2, 0) is 5.41 Å². The highest BCUT2D eigenvalue weighted by atomic mass is 35.5. The molecular formula is C20H24ClN. The van der Waals surface area contributed by atoms with Crippen LogP contribution >= 0.6 is 12.4 Å². The maximum Gasteiger partial charge on any atom is 0.0158 e. The van der Waals surface area contributed by atoms with Crippen molar-refractivity contribution in [3.05, 3.63) is 76.9 Å². The summed E-state index contributed by atoms with van der Waals surface area (Å²) in [6.45, 7) is 5.67. The molecule has 0 saturated carbocycles. The van der Waals surface area contributed by atoms with Gasteiger partial charge in [0.15, 0.2) is 0 Å². The van der Waals surface area contributed by atoms with Crippen LogP contribution in [0, 0.1) is 0 Å². The van der Waals surface area contributed by atoms with Gasteiger partial charge in [-0.1, -0.05) is 68.5 Å². The minimum atomic E-state index is 0. The quantitative estimate of drug-likeness (QED) is 0.803. The van der Waals surface area contributed by atoms with Crippen LogP contribution in [0.15, 0.2) is 54.6 Å². The summed E-state index contributed by atoms with van der Waals surface area (Å²) in [4.78, 5) is 0. The Morgan fingerprint density at radius 1 is 0.909 bits per heavy atom. The standard InChI is InChI=1S/C20H23N.ClH/c1-20(2)18-12-6-4-9-16(18)15(11-8-14-21-3)17-10-5-7-13-19(17)20;/h4-7,9-13,21H,8,14H2,1-3H3;1H. The number of rotatable bonds is 3. The second-order valence-corrected chi connectivity index (χ2v) is 6.23. The number of hydrogen-bond acceptors (Lipinski definition) is 1. The lowest BCUT2D eigenvalue weighted by Crippen LogP contribution is -2.26. The lowest BCUT2D eigenvalue weighted by Gasteiger charge is -2.36. The highest BCUT2D eigenvalue weighted by molar-refractivity contribution is 5.87. The molecule has 0 bridgehead atoms. The molecule has 3 rings (SSSR count). The van der Waals surface area contributed by atoms with E-state index in [4.69, 9.17) is 0 Å². The fourth-order valence-electron chi connectivity index (χ4n) is 3.40. The van der Waals surface area contributed by atoms with Gasteiger partial charge >= 0.3 is 0 Å². The maximum absolute atomic E-state index is 3.23. The van der Waals surface area contributed by atoms with E-state index in [1.807, 2.05) is 7.05 Å². The first kappa shape index (κ1) is 16.8. The molecule has 0 amide bonds. The van der Waals surface area contributed by atoms with Gasteiger partial charge in [0.05, 0.1) is 0 Å². The summed E-state index contributed by atoms with van der Waals surface area (Å²) < 4.78 is 0. The highest BCUT2D eigenvalue weighted by Gasteiger charge is 2.33. The molecule has 2 aromatic rings. The Bertz CT molecular complexity index is 634. The topological polar surface area (TPSA) is 12.0 Å². The first-order chi connectivity index (χ1) is 10.2. The number of nitrogens with one attached hydrogen (secondary N) is 1. The van der Waals surface area contributed by atoms with E-state index in [1.54, 1.807) is 0 Å². The van der Waals surface area contributed by atoms with Crippen LogP contribution in [-0.4, -0.2) is 13.6 Å². The molecule has 0 heterocycles. The molecule has 0 aromatic heterocycles. The minimum absolute atomic E-state index is 0. The highest BCUT2D eigenvalue weighted by Crippen LogP contribution is 2.46. The van der Waals surface area contributed by atoms with E-state index < -0.39 is 0 Å². The Morgan fingerprint density at radius 3 is 1.91 bits per heavy atom. The van der Waals surface area contributed by atoms with Crippen molar-refractivity contribution in [3.8, 4) is 0 Å². The molecule has 2 aromatic carbocycles. The predicted octanol–water partition coefficient (Wildman–Crippen LogP) is 4.79. The fraction of sp³-hybridized carbons (Fsp3) is 0.300. The zero-order chi connectivity index (χ0) is 14.9. The third-order valence-electron chi connectivity index (χ3n) is 4.52. The molecule has 0 atom stereocenters. The van der Waals surface area contributed by atoms with Gasteiger partial charge in [0, 0.05) is 5.41 Å². The van der Waals surface area contributed by atoms with Crippen molar-refractivity contribution in [2.75, 3.05) is 13.6 Å². The third kappa shape index (κ3) is 2.71. The van der Waals surface area contributed by atoms with Crippen LogP contribution in [0.4, 0.5) is 0 Å². The molecule has 0 radical (unpaired) electrons. The van der Waals surface area contributed by atoms with Gasteiger partial charge < -0.3 is 5.32 Å². The number of benzene rings is 2. The van der Waals surface area contributed by atoms with Gasteiger partial charge in [-0.25, -0.2) is 0 Å². The van der Waals surface area contributed by atoms with E-state index in [0.29, 0.717) is 0 Å². The predicted molar refractivity (Wildman–Crippen MR) is 97.9 cm³/mol. The van der Waals surface area contributed by atoms with E-state index >= 15 is 0 Å². The first-order valence-corrected chi connectivity index (χ1v) is 7.71. The van der Waals surface area contributed by atoms with Crippen molar-refractivity contribution in [2.45, 2.75) is 25.7 Å². The van der Waals surface area contributed by atoms with E-state index in [2.05, 4.69) is 73.8 Å². The van der Waals surface area contributed by atoms with E-state index in [9.17, 15) is 0 Å². The minimum Gasteiger partial charge on any atom is -0.319 e. The monoisotopic (exact) mass is 313 g/mol. The summed E-state index contributed by atoms with van der Waals surface area (Å²) >= 11 is 0. The summed E-state index contributed by atoms with van der Waals surface area (Å²) in [6, 6.07) is 17.7. The molecule has 1 N–H and O–H groups in total. The van der Waals surface area contributed by atoms with Gasteiger partial charge in [-0.3, -0.25) is 0 Å². The van der Waals surface area contributed by atoms with Crippen molar-refractivity contribution in [1.82, 2.24) is 5.32 Å². The Labute approximate surface area is 139 Å².